The van der Waals surface area contributed by atoms with E-state index in [9.17, 15) is 0 Å². The third-order valence-corrected chi connectivity index (χ3v) is 5.09. The molecule has 2 saturated carbocycles. The molecule has 2 fully saturated rings. The Hall–Kier alpha value is -0.0100. The summed E-state index contributed by atoms with van der Waals surface area (Å²) in [7, 11) is 0. The van der Waals surface area contributed by atoms with Gasteiger partial charge >= 0.3 is 0 Å². The van der Waals surface area contributed by atoms with Crippen LogP contribution in [0.25, 0.3) is 0 Å². The van der Waals surface area contributed by atoms with E-state index in [1.807, 2.05) is 0 Å². The highest BCUT2D eigenvalue weighted by atomic mass is 35.5. The van der Waals surface area contributed by atoms with Crippen molar-refractivity contribution in [3.63, 3.8) is 0 Å². The van der Waals surface area contributed by atoms with Crippen molar-refractivity contribution >= 4 is 11.6 Å². The van der Waals surface area contributed by atoms with E-state index in [0.29, 0.717) is 6.10 Å². The summed E-state index contributed by atoms with van der Waals surface area (Å²) in [4.78, 5) is 0. The normalized spacial score (nSPS) is 38.1. The van der Waals surface area contributed by atoms with Gasteiger partial charge in [0.2, 0.25) is 0 Å². The van der Waals surface area contributed by atoms with Gasteiger partial charge in [-0.2, -0.15) is 0 Å². The van der Waals surface area contributed by atoms with Crippen molar-refractivity contribution in [1.82, 2.24) is 0 Å². The van der Waals surface area contributed by atoms with Crippen LogP contribution in [-0.4, -0.2) is 12.7 Å². The molecule has 0 spiro atoms. The first-order chi connectivity index (χ1) is 8.83. The van der Waals surface area contributed by atoms with Crippen LogP contribution in [0, 0.1) is 17.8 Å². The minimum Gasteiger partial charge on any atom is -0.379 e. The van der Waals surface area contributed by atoms with E-state index in [1.165, 1.54) is 51.4 Å². The SMILES string of the molecule is CCO[C@H]1CC[C@H]([C@H]2CC[C@H](/C=C/Cl)CC2)CC1. The average Bonchev–Trinajstić information content (AvgIpc) is 2.41. The number of allylic oxidation sites excluding steroid dienone is 1. The first kappa shape index (κ1) is 14.4. The van der Waals surface area contributed by atoms with Crippen molar-refractivity contribution in [3.05, 3.63) is 11.6 Å². The van der Waals surface area contributed by atoms with E-state index in [0.717, 1.165) is 24.4 Å². The fraction of sp³-hybridized carbons (Fsp3) is 0.875. The van der Waals surface area contributed by atoms with Crippen LogP contribution in [0.1, 0.15) is 58.3 Å². The molecule has 2 rings (SSSR count). The molecule has 0 aromatic carbocycles. The van der Waals surface area contributed by atoms with Crippen molar-refractivity contribution < 1.29 is 4.74 Å². The van der Waals surface area contributed by atoms with Crippen LogP contribution >= 0.6 is 11.6 Å². The first-order valence-electron chi connectivity index (χ1n) is 7.72. The van der Waals surface area contributed by atoms with Crippen LogP contribution in [0.15, 0.2) is 11.6 Å². The summed E-state index contributed by atoms with van der Waals surface area (Å²) in [5.41, 5.74) is 1.71. The van der Waals surface area contributed by atoms with Gasteiger partial charge in [-0.25, -0.2) is 0 Å². The van der Waals surface area contributed by atoms with E-state index in [-0.39, 0.29) is 0 Å². The molecule has 0 aromatic rings. The molecular formula is C16H27ClO. The lowest BCUT2D eigenvalue weighted by molar-refractivity contribution is 0.0142. The molecule has 104 valence electrons. The Morgan fingerprint density at radius 3 is 2.00 bits per heavy atom. The molecule has 0 heterocycles. The van der Waals surface area contributed by atoms with Gasteiger partial charge in [0.05, 0.1) is 6.10 Å². The lowest BCUT2D eigenvalue weighted by Crippen LogP contribution is -2.28. The Labute approximate surface area is 117 Å². The number of ether oxygens (including phenoxy) is 1. The van der Waals surface area contributed by atoms with E-state index < -0.39 is 0 Å². The minimum absolute atomic E-state index is 0.557. The Balaban J connectivity index is 1.71. The summed E-state index contributed by atoms with van der Waals surface area (Å²) in [5, 5.41) is 0. The van der Waals surface area contributed by atoms with Crippen molar-refractivity contribution in [1.29, 1.82) is 0 Å². The van der Waals surface area contributed by atoms with Gasteiger partial charge < -0.3 is 4.74 Å². The molecule has 1 nitrogen and oxygen atoms in total. The van der Waals surface area contributed by atoms with Crippen LogP contribution in [0.4, 0.5) is 0 Å². The Bertz CT molecular complexity index is 248. The molecule has 0 atom stereocenters. The van der Waals surface area contributed by atoms with Crippen LogP contribution in [0.3, 0.4) is 0 Å². The molecule has 0 saturated heterocycles. The van der Waals surface area contributed by atoms with Crippen molar-refractivity contribution in [2.45, 2.75) is 64.4 Å². The fourth-order valence-electron chi connectivity index (χ4n) is 3.87. The maximum Gasteiger partial charge on any atom is 0.0575 e. The molecule has 0 amide bonds. The van der Waals surface area contributed by atoms with Crippen LogP contribution < -0.4 is 0 Å². The monoisotopic (exact) mass is 270 g/mol. The first-order valence-corrected chi connectivity index (χ1v) is 8.15. The van der Waals surface area contributed by atoms with E-state index in [2.05, 4.69) is 13.0 Å². The van der Waals surface area contributed by atoms with E-state index in [4.69, 9.17) is 16.3 Å². The van der Waals surface area contributed by atoms with Gasteiger partial charge in [-0.1, -0.05) is 17.7 Å². The predicted molar refractivity (Wildman–Crippen MR) is 77.8 cm³/mol. The molecule has 0 aliphatic heterocycles. The van der Waals surface area contributed by atoms with E-state index in [1.54, 1.807) is 5.54 Å². The predicted octanol–water partition coefficient (Wildman–Crippen LogP) is 5.14. The zero-order valence-corrected chi connectivity index (χ0v) is 12.4. The van der Waals surface area contributed by atoms with Crippen molar-refractivity contribution in [2.75, 3.05) is 6.61 Å². The highest BCUT2D eigenvalue weighted by molar-refractivity contribution is 6.25. The molecule has 0 radical (unpaired) electrons. The molecular weight excluding hydrogens is 244 g/mol. The van der Waals surface area contributed by atoms with E-state index >= 15 is 0 Å². The molecule has 0 aromatic heterocycles. The lowest BCUT2D eigenvalue weighted by Gasteiger charge is -2.37. The topological polar surface area (TPSA) is 9.23 Å². The van der Waals surface area contributed by atoms with Crippen LogP contribution in [-0.2, 0) is 4.74 Å². The molecule has 0 N–H and O–H groups in total. The van der Waals surface area contributed by atoms with Crippen molar-refractivity contribution in [3.8, 4) is 0 Å². The fourth-order valence-corrected chi connectivity index (χ4v) is 4.08. The second kappa shape index (κ2) is 7.55. The summed E-state index contributed by atoms with van der Waals surface area (Å²) in [6.45, 7) is 2.99. The van der Waals surface area contributed by atoms with Gasteiger partial charge in [-0.15, -0.1) is 0 Å². The number of hydrogen-bond donors (Lipinski definition) is 0. The summed E-state index contributed by atoms with van der Waals surface area (Å²) < 4.78 is 5.74. The Morgan fingerprint density at radius 1 is 0.944 bits per heavy atom. The van der Waals surface area contributed by atoms with Gasteiger partial charge in [-0.05, 0) is 76.0 Å². The van der Waals surface area contributed by atoms with Gasteiger partial charge in [0.25, 0.3) is 0 Å². The van der Waals surface area contributed by atoms with Gasteiger partial charge in [-0.3, -0.25) is 0 Å². The summed E-state index contributed by atoms with van der Waals surface area (Å²) in [6.07, 6.45) is 13.6. The molecule has 2 heteroatoms. The third-order valence-electron chi connectivity index (χ3n) is 4.95. The second-order valence-electron chi connectivity index (χ2n) is 5.99. The number of rotatable bonds is 4. The summed E-state index contributed by atoms with van der Waals surface area (Å²) in [5.74, 6) is 2.70. The molecule has 2 aliphatic rings. The maximum atomic E-state index is 5.74. The molecule has 0 unspecified atom stereocenters. The maximum absolute atomic E-state index is 5.74. The van der Waals surface area contributed by atoms with Gasteiger partial charge in [0.15, 0.2) is 0 Å². The standard InChI is InChI=1S/C16H27ClO/c1-2-18-16-9-7-15(8-10-16)14-5-3-13(4-6-14)11-12-17/h11-16H,2-10H2,1H3/b12-11+/t13-,14-,15-,16-. The molecule has 18 heavy (non-hydrogen) atoms. The summed E-state index contributed by atoms with van der Waals surface area (Å²) >= 11 is 5.67. The molecule has 2 aliphatic carbocycles. The van der Waals surface area contributed by atoms with Gasteiger partial charge in [0.1, 0.15) is 0 Å². The Morgan fingerprint density at radius 2 is 1.50 bits per heavy atom. The van der Waals surface area contributed by atoms with Crippen LogP contribution in [0.2, 0.25) is 0 Å². The third kappa shape index (κ3) is 3.99. The zero-order chi connectivity index (χ0) is 12.8. The second-order valence-corrected chi connectivity index (χ2v) is 6.24. The number of halogens is 1. The molecule has 0 bridgehead atoms. The largest absolute Gasteiger partial charge is 0.379 e. The van der Waals surface area contributed by atoms with Crippen LogP contribution in [0.5, 0.6) is 0 Å². The Kier molecular flexibility index (Phi) is 6.04. The minimum atomic E-state index is 0.557. The highest BCUT2D eigenvalue weighted by Gasteiger charge is 2.30. The highest BCUT2D eigenvalue weighted by Crippen LogP contribution is 2.40. The summed E-state index contributed by atoms with van der Waals surface area (Å²) in [6, 6.07) is 0. The lowest BCUT2D eigenvalue weighted by atomic mass is 9.70. The smallest absolute Gasteiger partial charge is 0.0575 e. The quantitative estimate of drug-likeness (QED) is 0.687. The average molecular weight is 271 g/mol. The zero-order valence-electron chi connectivity index (χ0n) is 11.6. The van der Waals surface area contributed by atoms with Crippen molar-refractivity contribution in [2.24, 2.45) is 17.8 Å². The van der Waals surface area contributed by atoms with Gasteiger partial charge in [0, 0.05) is 12.1 Å². The number of hydrogen-bond acceptors (Lipinski definition) is 1.